The van der Waals surface area contributed by atoms with Gasteiger partial charge in [-0.3, -0.25) is 14.1 Å². The SMILES string of the molecule is CCCCCCC(CCCCCC)(C(=O)O)C(C(=O)O)S(=O)(=O)O.N.N. The summed E-state index contributed by atoms with van der Waals surface area (Å²) in [5, 5.41) is 16.6. The van der Waals surface area contributed by atoms with Crippen LogP contribution in [0.15, 0.2) is 0 Å². The van der Waals surface area contributed by atoms with Gasteiger partial charge in [-0.05, 0) is 12.8 Å². The third-order valence-electron chi connectivity index (χ3n) is 4.40. The van der Waals surface area contributed by atoms with Crippen molar-refractivity contribution in [3.05, 3.63) is 0 Å². The fourth-order valence-corrected chi connectivity index (χ4v) is 4.26. The number of carboxylic acid groups (broad SMARTS) is 2. The van der Waals surface area contributed by atoms with Gasteiger partial charge in [-0.2, -0.15) is 8.42 Å². The van der Waals surface area contributed by atoms with E-state index in [1.807, 2.05) is 13.8 Å². The van der Waals surface area contributed by atoms with Crippen LogP contribution >= 0.6 is 0 Å². The quantitative estimate of drug-likeness (QED) is 0.213. The van der Waals surface area contributed by atoms with Crippen molar-refractivity contribution in [3.63, 3.8) is 0 Å². The lowest BCUT2D eigenvalue weighted by atomic mass is 9.74. The first kappa shape index (κ1) is 29.5. The van der Waals surface area contributed by atoms with Crippen molar-refractivity contribution >= 4 is 22.1 Å². The van der Waals surface area contributed by atoms with E-state index in [0.717, 1.165) is 25.7 Å². The molecule has 0 radical (unpaired) electrons. The molecule has 0 aliphatic carbocycles. The summed E-state index contributed by atoms with van der Waals surface area (Å²) in [6.07, 6.45) is 5.59. The molecule has 0 aliphatic rings. The second-order valence-electron chi connectivity index (χ2n) is 6.32. The number of unbranched alkanes of at least 4 members (excludes halogenated alkanes) is 6. The Balaban J connectivity index is -0.00000264. The minimum absolute atomic E-state index is 0. The number of carbonyl (C=O) groups is 2. The van der Waals surface area contributed by atoms with Crippen molar-refractivity contribution in [2.24, 2.45) is 5.41 Å². The Morgan fingerprint density at radius 2 is 1.23 bits per heavy atom. The van der Waals surface area contributed by atoms with Gasteiger partial charge in [0.05, 0.1) is 5.41 Å². The number of carboxylic acids is 2. The van der Waals surface area contributed by atoms with Crippen molar-refractivity contribution in [1.29, 1.82) is 0 Å². The summed E-state index contributed by atoms with van der Waals surface area (Å²) < 4.78 is 32.6. The smallest absolute Gasteiger partial charge is 0.325 e. The summed E-state index contributed by atoms with van der Waals surface area (Å²) in [7, 11) is -5.03. The number of aliphatic carboxylic acids is 2. The normalized spacial score (nSPS) is 12.6. The molecule has 0 heterocycles. The van der Waals surface area contributed by atoms with Crippen LogP contribution < -0.4 is 12.3 Å². The van der Waals surface area contributed by atoms with Gasteiger partial charge >= 0.3 is 11.9 Å². The third-order valence-corrected chi connectivity index (χ3v) is 5.65. The minimum atomic E-state index is -5.03. The van der Waals surface area contributed by atoms with Gasteiger partial charge < -0.3 is 22.5 Å². The van der Waals surface area contributed by atoms with Crippen LogP contribution in [0.2, 0.25) is 0 Å². The van der Waals surface area contributed by atoms with Gasteiger partial charge in [0.1, 0.15) is 0 Å². The summed E-state index contributed by atoms with van der Waals surface area (Å²) >= 11 is 0. The molecule has 0 aromatic carbocycles. The number of hydrogen-bond acceptors (Lipinski definition) is 6. The van der Waals surface area contributed by atoms with E-state index in [1.54, 1.807) is 0 Å². The van der Waals surface area contributed by atoms with E-state index < -0.39 is 32.7 Å². The highest BCUT2D eigenvalue weighted by Crippen LogP contribution is 2.39. The lowest BCUT2D eigenvalue weighted by Gasteiger charge is -2.33. The predicted octanol–water partition coefficient (Wildman–Crippen LogP) is 3.66. The Bertz CT molecular complexity index is 497. The zero-order chi connectivity index (χ0) is 18.8. The van der Waals surface area contributed by atoms with Gasteiger partial charge in [-0.1, -0.05) is 65.2 Å². The molecule has 26 heavy (non-hydrogen) atoms. The Labute approximate surface area is 156 Å². The summed E-state index contributed by atoms with van der Waals surface area (Å²) in [6, 6.07) is 0. The first-order valence-electron chi connectivity index (χ1n) is 8.56. The zero-order valence-electron chi connectivity index (χ0n) is 15.9. The molecule has 0 amide bonds. The first-order valence-corrected chi connectivity index (χ1v) is 10.1. The van der Waals surface area contributed by atoms with E-state index in [4.69, 9.17) is 0 Å². The number of hydrogen-bond donors (Lipinski definition) is 5. The van der Waals surface area contributed by atoms with Crippen LogP contribution in [0.3, 0.4) is 0 Å². The monoisotopic (exact) mass is 400 g/mol. The summed E-state index contributed by atoms with van der Waals surface area (Å²) in [6.45, 7) is 3.96. The fraction of sp³-hybridized carbons (Fsp3) is 0.875. The molecule has 9 nitrogen and oxygen atoms in total. The maximum atomic E-state index is 11.9. The summed E-state index contributed by atoms with van der Waals surface area (Å²) in [4.78, 5) is 23.4. The van der Waals surface area contributed by atoms with E-state index in [9.17, 15) is 32.8 Å². The van der Waals surface area contributed by atoms with Crippen LogP contribution in [0.1, 0.15) is 78.1 Å². The van der Waals surface area contributed by atoms with Gasteiger partial charge in [0.2, 0.25) is 0 Å². The molecular formula is C16H36N2O7S. The van der Waals surface area contributed by atoms with Gasteiger partial charge in [-0.15, -0.1) is 0 Å². The van der Waals surface area contributed by atoms with Crippen LogP contribution in [0.5, 0.6) is 0 Å². The maximum absolute atomic E-state index is 11.9. The molecule has 9 N–H and O–H groups in total. The zero-order valence-corrected chi connectivity index (χ0v) is 16.8. The molecule has 0 aromatic heterocycles. The summed E-state index contributed by atoms with van der Waals surface area (Å²) in [5.74, 6) is -3.29. The van der Waals surface area contributed by atoms with E-state index >= 15 is 0 Å². The van der Waals surface area contributed by atoms with Crippen molar-refractivity contribution in [2.45, 2.75) is 83.3 Å². The molecule has 0 saturated carbocycles. The molecule has 0 rings (SSSR count). The molecule has 1 atom stereocenters. The Morgan fingerprint density at radius 3 is 1.46 bits per heavy atom. The average molecular weight is 401 g/mol. The third kappa shape index (κ3) is 8.93. The van der Waals surface area contributed by atoms with Crippen LogP contribution in [0.4, 0.5) is 0 Å². The topological polar surface area (TPSA) is 199 Å². The lowest BCUT2D eigenvalue weighted by Crippen LogP contribution is -2.51. The highest BCUT2D eigenvalue weighted by molar-refractivity contribution is 7.87. The second kappa shape index (κ2) is 13.9. The Kier molecular flexibility index (Phi) is 15.8. The maximum Gasteiger partial charge on any atom is 0.325 e. The molecule has 158 valence electrons. The fourth-order valence-electron chi connectivity index (χ4n) is 3.10. The lowest BCUT2D eigenvalue weighted by molar-refractivity contribution is -0.156. The Hall–Kier alpha value is -1.23. The number of rotatable bonds is 14. The molecule has 0 fully saturated rings. The van der Waals surface area contributed by atoms with Gasteiger partial charge in [0.25, 0.3) is 10.1 Å². The Morgan fingerprint density at radius 1 is 0.846 bits per heavy atom. The molecule has 0 spiro atoms. The van der Waals surface area contributed by atoms with Gasteiger partial charge in [-0.25, -0.2) is 0 Å². The van der Waals surface area contributed by atoms with E-state index in [0.29, 0.717) is 25.7 Å². The summed E-state index contributed by atoms with van der Waals surface area (Å²) in [5.41, 5.74) is -2.00. The highest BCUT2D eigenvalue weighted by atomic mass is 32.2. The molecule has 0 bridgehead atoms. The van der Waals surface area contributed by atoms with E-state index in [1.165, 1.54) is 0 Å². The van der Waals surface area contributed by atoms with E-state index in [-0.39, 0.29) is 25.1 Å². The largest absolute Gasteiger partial charge is 0.481 e. The van der Waals surface area contributed by atoms with Gasteiger partial charge in [0, 0.05) is 0 Å². The van der Waals surface area contributed by atoms with Gasteiger partial charge in [0.15, 0.2) is 5.25 Å². The molecule has 0 aromatic rings. The van der Waals surface area contributed by atoms with Crippen molar-refractivity contribution < 1.29 is 32.8 Å². The van der Waals surface area contributed by atoms with Crippen LogP contribution in [-0.2, 0) is 19.7 Å². The van der Waals surface area contributed by atoms with Crippen LogP contribution in [0, 0.1) is 5.41 Å². The van der Waals surface area contributed by atoms with Crippen LogP contribution in [0.25, 0.3) is 0 Å². The van der Waals surface area contributed by atoms with Crippen LogP contribution in [-0.4, -0.2) is 40.4 Å². The average Bonchev–Trinajstić information content (AvgIpc) is 2.45. The molecule has 0 aliphatic heterocycles. The molecular weight excluding hydrogens is 364 g/mol. The second-order valence-corrected chi connectivity index (χ2v) is 7.82. The van der Waals surface area contributed by atoms with Crippen molar-refractivity contribution in [2.75, 3.05) is 0 Å². The standard InChI is InChI=1S/C16H30O7S.2H3N/c1-3-5-7-9-11-16(15(19)20,12-10-8-6-4-2)13(14(17)18)24(21,22)23;;/h13H,3-12H2,1-2H3,(H,17,18)(H,19,20)(H,21,22,23);2*1H3. The van der Waals surface area contributed by atoms with Crippen molar-refractivity contribution in [1.82, 2.24) is 12.3 Å². The van der Waals surface area contributed by atoms with E-state index in [2.05, 4.69) is 0 Å². The molecule has 0 saturated heterocycles. The first-order chi connectivity index (χ1) is 11.1. The van der Waals surface area contributed by atoms with Crippen molar-refractivity contribution in [3.8, 4) is 0 Å². The predicted molar refractivity (Wildman–Crippen MR) is 101 cm³/mol. The molecule has 10 heteroatoms. The minimum Gasteiger partial charge on any atom is -0.481 e. The highest BCUT2D eigenvalue weighted by Gasteiger charge is 2.55. The molecule has 1 unspecified atom stereocenters.